The monoisotopic (exact) mass is 256 g/mol. The lowest BCUT2D eigenvalue weighted by atomic mass is 10.2. The molecule has 0 radical (unpaired) electrons. The van der Waals surface area contributed by atoms with Crippen LogP contribution in [0.5, 0.6) is 5.88 Å². The largest absolute Gasteiger partial charge is 0.481 e. The Balaban J connectivity index is 1.94. The second kappa shape index (κ2) is 6.03. The van der Waals surface area contributed by atoms with E-state index in [0.717, 1.165) is 11.1 Å². The molecule has 0 spiro atoms. The van der Waals surface area contributed by atoms with Crippen molar-refractivity contribution in [3.63, 3.8) is 0 Å². The van der Waals surface area contributed by atoms with Crippen LogP contribution in [0.15, 0.2) is 30.6 Å². The Morgan fingerprint density at radius 2 is 2.32 bits per heavy atom. The molecule has 0 fully saturated rings. The fourth-order valence-electron chi connectivity index (χ4n) is 1.92. The van der Waals surface area contributed by atoms with Crippen LogP contribution in [0.2, 0.25) is 0 Å². The first-order valence-electron chi connectivity index (χ1n) is 5.98. The summed E-state index contributed by atoms with van der Waals surface area (Å²) in [5.74, 6) is 0.640. The van der Waals surface area contributed by atoms with E-state index < -0.39 is 0 Å². The molecule has 0 saturated heterocycles. The van der Waals surface area contributed by atoms with Gasteiger partial charge in [0.1, 0.15) is 11.8 Å². The molecule has 2 heterocycles. The van der Waals surface area contributed by atoms with Gasteiger partial charge in [0.2, 0.25) is 5.88 Å². The molecule has 0 unspecified atom stereocenters. The Kier molecular flexibility index (Phi) is 4.16. The van der Waals surface area contributed by atoms with Gasteiger partial charge in [-0.3, -0.25) is 0 Å². The van der Waals surface area contributed by atoms with Gasteiger partial charge in [0.05, 0.1) is 7.11 Å². The summed E-state index contributed by atoms with van der Waals surface area (Å²) in [4.78, 5) is 4.14. The number of rotatable bonds is 5. The van der Waals surface area contributed by atoms with Crippen molar-refractivity contribution in [2.24, 2.45) is 7.05 Å². The molecule has 2 rings (SSSR count). The Bertz CT molecular complexity index is 598. The molecule has 0 aliphatic carbocycles. The summed E-state index contributed by atoms with van der Waals surface area (Å²) in [7, 11) is 3.48. The number of ether oxygens (including phenoxy) is 1. The summed E-state index contributed by atoms with van der Waals surface area (Å²) in [6, 6.07) is 7.89. The van der Waals surface area contributed by atoms with Gasteiger partial charge >= 0.3 is 0 Å². The van der Waals surface area contributed by atoms with E-state index in [-0.39, 0.29) is 0 Å². The summed E-state index contributed by atoms with van der Waals surface area (Å²) in [6.07, 6.45) is 3.66. The van der Waals surface area contributed by atoms with Crippen LogP contribution in [0, 0.1) is 11.3 Å². The molecule has 0 saturated carbocycles. The van der Waals surface area contributed by atoms with Crippen LogP contribution < -0.4 is 10.1 Å². The quantitative estimate of drug-likeness (QED) is 0.882. The highest BCUT2D eigenvalue weighted by Gasteiger charge is 2.04. The molecule has 0 aliphatic heterocycles. The van der Waals surface area contributed by atoms with E-state index in [1.54, 1.807) is 13.3 Å². The lowest BCUT2D eigenvalue weighted by Gasteiger charge is -2.07. The van der Waals surface area contributed by atoms with Crippen molar-refractivity contribution >= 4 is 0 Å². The maximum absolute atomic E-state index is 8.89. The molecule has 2 aromatic rings. The van der Waals surface area contributed by atoms with Crippen molar-refractivity contribution in [3.8, 4) is 11.9 Å². The van der Waals surface area contributed by atoms with Gasteiger partial charge in [-0.05, 0) is 17.7 Å². The molecule has 0 atom stereocenters. The average molecular weight is 256 g/mol. The Morgan fingerprint density at radius 1 is 1.47 bits per heavy atom. The van der Waals surface area contributed by atoms with Gasteiger partial charge in [-0.25, -0.2) is 4.98 Å². The van der Waals surface area contributed by atoms with E-state index >= 15 is 0 Å². The van der Waals surface area contributed by atoms with Crippen molar-refractivity contribution in [2.45, 2.75) is 13.1 Å². The lowest BCUT2D eigenvalue weighted by Crippen LogP contribution is -2.13. The number of nitrogens with zero attached hydrogens (tertiary/aromatic N) is 3. The first-order valence-corrected chi connectivity index (χ1v) is 5.98. The normalized spacial score (nSPS) is 10.2. The molecule has 19 heavy (non-hydrogen) atoms. The molecule has 5 nitrogen and oxygen atoms in total. The lowest BCUT2D eigenvalue weighted by molar-refractivity contribution is 0.390. The SMILES string of the molecule is COc1ncccc1CNCc1cc(C#N)n(C)c1. The van der Waals surface area contributed by atoms with E-state index in [2.05, 4.69) is 16.4 Å². The smallest absolute Gasteiger partial charge is 0.217 e. The highest BCUT2D eigenvalue weighted by Crippen LogP contribution is 2.13. The molecule has 1 N–H and O–H groups in total. The van der Waals surface area contributed by atoms with Gasteiger partial charge in [-0.2, -0.15) is 5.26 Å². The van der Waals surface area contributed by atoms with Gasteiger partial charge in [-0.1, -0.05) is 6.07 Å². The van der Waals surface area contributed by atoms with E-state index in [0.29, 0.717) is 24.7 Å². The van der Waals surface area contributed by atoms with Crippen molar-refractivity contribution in [1.82, 2.24) is 14.9 Å². The van der Waals surface area contributed by atoms with Crippen molar-refractivity contribution in [3.05, 3.63) is 47.4 Å². The molecule has 0 amide bonds. The summed E-state index contributed by atoms with van der Waals surface area (Å²) in [5.41, 5.74) is 2.76. The van der Waals surface area contributed by atoms with Crippen molar-refractivity contribution < 1.29 is 4.74 Å². The van der Waals surface area contributed by atoms with Crippen LogP contribution in [-0.2, 0) is 20.1 Å². The average Bonchev–Trinajstić information content (AvgIpc) is 2.79. The summed E-state index contributed by atoms with van der Waals surface area (Å²) in [5, 5.41) is 12.2. The minimum absolute atomic E-state index is 0.640. The number of hydrogen-bond donors (Lipinski definition) is 1. The van der Waals surface area contributed by atoms with Crippen LogP contribution in [0.4, 0.5) is 0 Å². The molecular formula is C14H16N4O. The Hall–Kier alpha value is -2.32. The summed E-state index contributed by atoms with van der Waals surface area (Å²) in [6.45, 7) is 1.38. The third-order valence-corrected chi connectivity index (χ3v) is 2.86. The third kappa shape index (κ3) is 3.12. The zero-order chi connectivity index (χ0) is 13.7. The van der Waals surface area contributed by atoms with Crippen LogP contribution in [0.1, 0.15) is 16.8 Å². The fourth-order valence-corrected chi connectivity index (χ4v) is 1.92. The zero-order valence-corrected chi connectivity index (χ0v) is 11.1. The molecule has 0 aromatic carbocycles. The van der Waals surface area contributed by atoms with E-state index in [1.165, 1.54) is 0 Å². The van der Waals surface area contributed by atoms with E-state index in [9.17, 15) is 0 Å². The van der Waals surface area contributed by atoms with E-state index in [4.69, 9.17) is 10.00 Å². The predicted octanol–water partition coefficient (Wildman–Crippen LogP) is 1.59. The van der Waals surface area contributed by atoms with E-state index in [1.807, 2.05) is 36.0 Å². The van der Waals surface area contributed by atoms with Crippen LogP contribution in [-0.4, -0.2) is 16.7 Å². The Morgan fingerprint density at radius 3 is 3.00 bits per heavy atom. The first-order chi connectivity index (χ1) is 9.24. The molecule has 2 aromatic heterocycles. The number of nitrogens with one attached hydrogen (secondary N) is 1. The van der Waals surface area contributed by atoms with Gasteiger partial charge in [0, 0.05) is 38.1 Å². The standard InChI is InChI=1S/C14H16N4O/c1-18-10-11(6-13(18)7-15)8-16-9-12-4-3-5-17-14(12)19-2/h3-6,10,16H,8-9H2,1-2H3. The maximum Gasteiger partial charge on any atom is 0.217 e. The van der Waals surface area contributed by atoms with Crippen molar-refractivity contribution in [2.75, 3.05) is 7.11 Å². The number of methoxy groups -OCH3 is 1. The van der Waals surface area contributed by atoms with Gasteiger partial charge in [-0.15, -0.1) is 0 Å². The molecule has 0 aliphatic rings. The second-order valence-corrected chi connectivity index (χ2v) is 4.23. The van der Waals surface area contributed by atoms with Gasteiger partial charge in [0.15, 0.2) is 0 Å². The molecule has 98 valence electrons. The molecule has 0 bridgehead atoms. The zero-order valence-electron chi connectivity index (χ0n) is 11.1. The van der Waals surface area contributed by atoms with Gasteiger partial charge < -0.3 is 14.6 Å². The third-order valence-electron chi connectivity index (χ3n) is 2.86. The summed E-state index contributed by atoms with van der Waals surface area (Å²) < 4.78 is 7.01. The topological polar surface area (TPSA) is 62.9 Å². The number of aryl methyl sites for hydroxylation is 1. The highest BCUT2D eigenvalue weighted by molar-refractivity contribution is 5.29. The predicted molar refractivity (Wildman–Crippen MR) is 71.5 cm³/mol. The Labute approximate surface area is 112 Å². The number of nitriles is 1. The van der Waals surface area contributed by atoms with Gasteiger partial charge in [0.25, 0.3) is 0 Å². The fraction of sp³-hybridized carbons (Fsp3) is 0.286. The number of hydrogen-bond acceptors (Lipinski definition) is 4. The van der Waals surface area contributed by atoms with Crippen LogP contribution >= 0.6 is 0 Å². The summed E-state index contributed by atoms with van der Waals surface area (Å²) >= 11 is 0. The highest BCUT2D eigenvalue weighted by atomic mass is 16.5. The van der Waals surface area contributed by atoms with Crippen LogP contribution in [0.3, 0.4) is 0 Å². The minimum Gasteiger partial charge on any atom is -0.481 e. The molecule has 5 heteroatoms. The molecular weight excluding hydrogens is 240 g/mol. The van der Waals surface area contributed by atoms with Crippen molar-refractivity contribution in [1.29, 1.82) is 5.26 Å². The first kappa shape index (κ1) is 13.1. The van der Waals surface area contributed by atoms with Crippen LogP contribution in [0.25, 0.3) is 0 Å². The minimum atomic E-state index is 0.640. The number of aromatic nitrogens is 2. The second-order valence-electron chi connectivity index (χ2n) is 4.23. The number of pyridine rings is 1. The maximum atomic E-state index is 8.89.